The SMILES string of the molecule is CC(C)(C)C(N)CC(=O)NCCOCC(=O)O. The third-order valence-electron chi connectivity index (χ3n) is 2.31. The molecule has 0 radical (unpaired) electrons. The maximum Gasteiger partial charge on any atom is 0.329 e. The van der Waals surface area contributed by atoms with Crippen molar-refractivity contribution in [3.05, 3.63) is 0 Å². The lowest BCUT2D eigenvalue weighted by molar-refractivity contribution is -0.142. The summed E-state index contributed by atoms with van der Waals surface area (Å²) in [5, 5.41) is 10.9. The van der Waals surface area contributed by atoms with Crippen LogP contribution in [0, 0.1) is 5.41 Å². The first-order valence-corrected chi connectivity index (χ1v) is 5.55. The Kier molecular flexibility index (Phi) is 6.75. The second kappa shape index (κ2) is 7.24. The van der Waals surface area contributed by atoms with Gasteiger partial charge in [-0.1, -0.05) is 20.8 Å². The number of hydrogen-bond acceptors (Lipinski definition) is 4. The van der Waals surface area contributed by atoms with Crippen LogP contribution in [0.5, 0.6) is 0 Å². The molecule has 0 aromatic rings. The van der Waals surface area contributed by atoms with Crippen molar-refractivity contribution in [3.8, 4) is 0 Å². The molecule has 0 aromatic heterocycles. The van der Waals surface area contributed by atoms with Crippen molar-refractivity contribution in [2.45, 2.75) is 33.2 Å². The van der Waals surface area contributed by atoms with Crippen molar-refractivity contribution in [2.24, 2.45) is 11.1 Å². The first-order valence-electron chi connectivity index (χ1n) is 5.55. The fourth-order valence-electron chi connectivity index (χ4n) is 1.00. The molecule has 17 heavy (non-hydrogen) atoms. The summed E-state index contributed by atoms with van der Waals surface area (Å²) in [6, 6.07) is -0.206. The number of ether oxygens (including phenoxy) is 1. The zero-order valence-corrected chi connectivity index (χ0v) is 10.7. The maximum absolute atomic E-state index is 11.4. The molecule has 4 N–H and O–H groups in total. The van der Waals surface area contributed by atoms with Gasteiger partial charge in [-0.05, 0) is 5.41 Å². The van der Waals surface area contributed by atoms with Crippen molar-refractivity contribution in [1.29, 1.82) is 0 Å². The number of nitrogens with one attached hydrogen (secondary N) is 1. The molecule has 6 nitrogen and oxygen atoms in total. The van der Waals surface area contributed by atoms with Gasteiger partial charge in [-0.2, -0.15) is 0 Å². The van der Waals surface area contributed by atoms with Gasteiger partial charge in [-0.15, -0.1) is 0 Å². The lowest BCUT2D eigenvalue weighted by atomic mass is 9.85. The second-order valence-corrected chi connectivity index (χ2v) is 4.97. The molecular weight excluding hydrogens is 224 g/mol. The number of carboxylic acid groups (broad SMARTS) is 1. The summed E-state index contributed by atoms with van der Waals surface area (Å²) >= 11 is 0. The minimum absolute atomic E-state index is 0.114. The van der Waals surface area contributed by atoms with Crippen LogP contribution in [0.4, 0.5) is 0 Å². The lowest BCUT2D eigenvalue weighted by Crippen LogP contribution is -2.40. The van der Waals surface area contributed by atoms with Crippen LogP contribution in [0.2, 0.25) is 0 Å². The van der Waals surface area contributed by atoms with Gasteiger partial charge in [0.15, 0.2) is 0 Å². The maximum atomic E-state index is 11.4. The van der Waals surface area contributed by atoms with Crippen LogP contribution in [0.3, 0.4) is 0 Å². The third kappa shape index (κ3) is 8.65. The number of aliphatic carboxylic acids is 1. The summed E-state index contributed by atoms with van der Waals surface area (Å²) in [6.07, 6.45) is 0.252. The van der Waals surface area contributed by atoms with Crippen molar-refractivity contribution in [3.63, 3.8) is 0 Å². The van der Waals surface area contributed by atoms with E-state index >= 15 is 0 Å². The first-order chi connectivity index (χ1) is 7.73. The molecule has 0 aliphatic heterocycles. The Morgan fingerprint density at radius 3 is 2.47 bits per heavy atom. The fourth-order valence-corrected chi connectivity index (χ4v) is 1.00. The van der Waals surface area contributed by atoms with E-state index in [-0.39, 0.29) is 37.0 Å². The highest BCUT2D eigenvalue weighted by Crippen LogP contribution is 2.19. The summed E-state index contributed by atoms with van der Waals surface area (Å²) in [5.41, 5.74) is 5.74. The van der Waals surface area contributed by atoms with E-state index in [1.54, 1.807) is 0 Å². The molecule has 0 aliphatic rings. The van der Waals surface area contributed by atoms with Gasteiger partial charge in [0.05, 0.1) is 6.61 Å². The number of carboxylic acids is 1. The van der Waals surface area contributed by atoms with E-state index < -0.39 is 5.97 Å². The molecular formula is C11H22N2O4. The van der Waals surface area contributed by atoms with Crippen molar-refractivity contribution >= 4 is 11.9 Å². The van der Waals surface area contributed by atoms with Crippen LogP contribution in [0.15, 0.2) is 0 Å². The molecule has 1 amide bonds. The largest absolute Gasteiger partial charge is 0.480 e. The zero-order chi connectivity index (χ0) is 13.5. The smallest absolute Gasteiger partial charge is 0.329 e. The Hall–Kier alpha value is -1.14. The normalized spacial score (nSPS) is 13.2. The van der Waals surface area contributed by atoms with Gasteiger partial charge >= 0.3 is 5.97 Å². The molecule has 0 saturated carbocycles. The zero-order valence-electron chi connectivity index (χ0n) is 10.7. The first kappa shape index (κ1) is 15.9. The average Bonchev–Trinajstić information content (AvgIpc) is 2.15. The van der Waals surface area contributed by atoms with E-state index in [0.29, 0.717) is 6.54 Å². The summed E-state index contributed by atoms with van der Waals surface area (Å²) in [6.45, 7) is 6.05. The van der Waals surface area contributed by atoms with Crippen LogP contribution >= 0.6 is 0 Å². The quantitative estimate of drug-likeness (QED) is 0.547. The van der Waals surface area contributed by atoms with Gasteiger partial charge in [0.2, 0.25) is 5.91 Å². The molecule has 6 heteroatoms. The number of amides is 1. The molecule has 0 spiro atoms. The number of rotatable bonds is 7. The molecule has 0 aliphatic carbocycles. The lowest BCUT2D eigenvalue weighted by Gasteiger charge is -2.26. The van der Waals surface area contributed by atoms with E-state index in [1.165, 1.54) is 0 Å². The molecule has 0 saturated heterocycles. The fraction of sp³-hybridized carbons (Fsp3) is 0.818. The molecule has 100 valence electrons. The van der Waals surface area contributed by atoms with Crippen LogP contribution in [0.25, 0.3) is 0 Å². The molecule has 0 heterocycles. The topological polar surface area (TPSA) is 102 Å². The highest BCUT2D eigenvalue weighted by molar-refractivity contribution is 5.76. The van der Waals surface area contributed by atoms with Gasteiger partial charge in [-0.3, -0.25) is 4.79 Å². The van der Waals surface area contributed by atoms with E-state index in [9.17, 15) is 9.59 Å². The van der Waals surface area contributed by atoms with Gasteiger partial charge in [0.25, 0.3) is 0 Å². The Morgan fingerprint density at radius 2 is 2.00 bits per heavy atom. The third-order valence-corrected chi connectivity index (χ3v) is 2.31. The predicted octanol–water partition coefficient (Wildman–Crippen LogP) is -0.0327. The molecule has 0 aromatic carbocycles. The summed E-state index contributed by atoms with van der Waals surface area (Å²) < 4.78 is 4.77. The van der Waals surface area contributed by atoms with E-state index in [1.807, 2.05) is 20.8 Å². The van der Waals surface area contributed by atoms with E-state index in [4.69, 9.17) is 15.6 Å². The van der Waals surface area contributed by atoms with Crippen LogP contribution < -0.4 is 11.1 Å². The minimum atomic E-state index is -1.02. The van der Waals surface area contributed by atoms with Gasteiger partial charge in [0, 0.05) is 19.0 Å². The Bertz CT molecular complexity index is 261. The molecule has 0 fully saturated rings. The van der Waals surface area contributed by atoms with Gasteiger partial charge in [-0.25, -0.2) is 4.79 Å². The molecule has 1 unspecified atom stereocenters. The van der Waals surface area contributed by atoms with Gasteiger partial charge < -0.3 is 20.9 Å². The summed E-state index contributed by atoms with van der Waals surface area (Å²) in [5.74, 6) is -1.17. The van der Waals surface area contributed by atoms with Crippen LogP contribution in [-0.2, 0) is 14.3 Å². The van der Waals surface area contributed by atoms with Gasteiger partial charge in [0.1, 0.15) is 6.61 Å². The molecule has 1 atom stereocenters. The number of hydrogen-bond donors (Lipinski definition) is 3. The van der Waals surface area contributed by atoms with Crippen molar-refractivity contribution in [1.82, 2.24) is 5.32 Å². The number of carbonyl (C=O) groups is 2. The Morgan fingerprint density at radius 1 is 1.41 bits per heavy atom. The van der Waals surface area contributed by atoms with Crippen LogP contribution in [-0.4, -0.2) is 42.8 Å². The van der Waals surface area contributed by atoms with Crippen LogP contribution in [0.1, 0.15) is 27.2 Å². The monoisotopic (exact) mass is 246 g/mol. The standard InChI is InChI=1S/C11H22N2O4/c1-11(2,3)8(12)6-9(14)13-4-5-17-7-10(15)16/h8H,4-7,12H2,1-3H3,(H,13,14)(H,15,16). The minimum Gasteiger partial charge on any atom is -0.480 e. The number of carbonyl (C=O) groups excluding carboxylic acids is 1. The number of nitrogens with two attached hydrogens (primary N) is 1. The summed E-state index contributed by atoms with van der Waals surface area (Å²) in [7, 11) is 0. The predicted molar refractivity (Wildman–Crippen MR) is 63.5 cm³/mol. The van der Waals surface area contributed by atoms with E-state index in [0.717, 1.165) is 0 Å². The van der Waals surface area contributed by atoms with E-state index in [2.05, 4.69) is 5.32 Å². The van der Waals surface area contributed by atoms with Crippen molar-refractivity contribution in [2.75, 3.05) is 19.8 Å². The average molecular weight is 246 g/mol. The Balaban J connectivity index is 3.64. The molecule has 0 bridgehead atoms. The highest BCUT2D eigenvalue weighted by atomic mass is 16.5. The highest BCUT2D eigenvalue weighted by Gasteiger charge is 2.22. The molecule has 0 rings (SSSR count). The Labute approximate surface area is 102 Å². The second-order valence-electron chi connectivity index (χ2n) is 4.97. The van der Waals surface area contributed by atoms with Crippen molar-refractivity contribution < 1.29 is 19.4 Å². The summed E-state index contributed by atoms with van der Waals surface area (Å²) in [4.78, 5) is 21.6.